The number of aliphatic hydroxyl groups is 1. The molecule has 1 aliphatic rings. The molecule has 14 heavy (non-hydrogen) atoms. The fraction of sp³-hybridized carbons (Fsp3) is 1.00. The quantitative estimate of drug-likeness (QED) is 0.730. The van der Waals surface area contributed by atoms with Crippen LogP contribution < -0.4 is 5.73 Å². The van der Waals surface area contributed by atoms with E-state index in [-0.39, 0.29) is 5.60 Å². The fourth-order valence-corrected chi connectivity index (χ4v) is 2.27. The number of hydrogen-bond donors (Lipinski definition) is 2. The van der Waals surface area contributed by atoms with E-state index in [1.165, 1.54) is 6.42 Å². The molecule has 0 bridgehead atoms. The molecule has 0 aromatic heterocycles. The Morgan fingerprint density at radius 2 is 1.93 bits per heavy atom. The Hall–Kier alpha value is -0.0800. The second-order valence-corrected chi connectivity index (χ2v) is 5.35. The lowest BCUT2D eigenvalue weighted by atomic mass is 9.79. The Morgan fingerprint density at radius 3 is 2.43 bits per heavy atom. The van der Waals surface area contributed by atoms with Crippen molar-refractivity contribution >= 4 is 0 Å². The molecule has 1 aliphatic carbocycles. The Labute approximate surface area is 87.9 Å². The van der Waals surface area contributed by atoms with Gasteiger partial charge in [0.25, 0.3) is 0 Å². The van der Waals surface area contributed by atoms with Crippen LogP contribution in [0.4, 0.5) is 0 Å². The van der Waals surface area contributed by atoms with Crippen LogP contribution in [0.15, 0.2) is 0 Å². The molecule has 3 N–H and O–H groups in total. The van der Waals surface area contributed by atoms with Gasteiger partial charge >= 0.3 is 0 Å². The van der Waals surface area contributed by atoms with Crippen LogP contribution in [-0.4, -0.2) is 16.7 Å². The molecule has 0 unspecified atom stereocenters. The molecule has 0 aromatic carbocycles. The molecule has 84 valence electrons. The molecule has 0 aromatic rings. The van der Waals surface area contributed by atoms with Gasteiger partial charge in [0.2, 0.25) is 0 Å². The summed E-state index contributed by atoms with van der Waals surface area (Å²) in [4.78, 5) is 0. The first-order chi connectivity index (χ1) is 6.52. The van der Waals surface area contributed by atoms with Gasteiger partial charge in [-0.15, -0.1) is 0 Å². The Bertz CT molecular complexity index is 160. The summed E-state index contributed by atoms with van der Waals surface area (Å²) in [5.41, 5.74) is 5.44. The van der Waals surface area contributed by atoms with Gasteiger partial charge in [0.15, 0.2) is 0 Å². The van der Waals surface area contributed by atoms with Crippen molar-refractivity contribution in [1.29, 1.82) is 0 Å². The van der Waals surface area contributed by atoms with Crippen molar-refractivity contribution in [2.24, 2.45) is 11.7 Å². The molecule has 0 saturated heterocycles. The maximum absolute atomic E-state index is 10.2. The minimum atomic E-state index is -0.384. The molecule has 1 rings (SSSR count). The Balaban J connectivity index is 2.21. The highest BCUT2D eigenvalue weighted by Gasteiger charge is 2.31. The molecule has 0 radical (unpaired) electrons. The largest absolute Gasteiger partial charge is 0.390 e. The number of nitrogens with two attached hydrogens (primary N) is 1. The molecule has 0 atom stereocenters. The molecule has 2 heteroatoms. The van der Waals surface area contributed by atoms with Crippen LogP contribution in [0.2, 0.25) is 0 Å². The summed E-state index contributed by atoms with van der Waals surface area (Å²) in [7, 11) is 0. The SMILES string of the molecule is CC(C)CCCC1(O)CCC(N)CC1. The maximum atomic E-state index is 10.2. The summed E-state index contributed by atoms with van der Waals surface area (Å²) in [6.07, 6.45) is 7.17. The minimum Gasteiger partial charge on any atom is -0.390 e. The van der Waals surface area contributed by atoms with E-state index in [0.717, 1.165) is 44.4 Å². The summed E-state index contributed by atoms with van der Waals surface area (Å²) < 4.78 is 0. The van der Waals surface area contributed by atoms with Crippen LogP contribution in [-0.2, 0) is 0 Å². The minimum absolute atomic E-state index is 0.334. The fourth-order valence-electron chi connectivity index (χ4n) is 2.27. The van der Waals surface area contributed by atoms with Crippen LogP contribution in [0, 0.1) is 5.92 Å². The zero-order valence-corrected chi connectivity index (χ0v) is 9.63. The average molecular weight is 199 g/mol. The molecule has 1 saturated carbocycles. The zero-order valence-electron chi connectivity index (χ0n) is 9.63. The van der Waals surface area contributed by atoms with Gasteiger partial charge in [0.1, 0.15) is 0 Å². The van der Waals surface area contributed by atoms with E-state index in [4.69, 9.17) is 5.73 Å². The van der Waals surface area contributed by atoms with Crippen molar-refractivity contribution in [3.63, 3.8) is 0 Å². The van der Waals surface area contributed by atoms with Crippen molar-refractivity contribution in [1.82, 2.24) is 0 Å². The van der Waals surface area contributed by atoms with Gasteiger partial charge in [-0.25, -0.2) is 0 Å². The van der Waals surface area contributed by atoms with Gasteiger partial charge < -0.3 is 10.8 Å². The van der Waals surface area contributed by atoms with E-state index in [0.29, 0.717) is 6.04 Å². The van der Waals surface area contributed by atoms with Crippen LogP contribution >= 0.6 is 0 Å². The van der Waals surface area contributed by atoms with E-state index >= 15 is 0 Å². The lowest BCUT2D eigenvalue weighted by molar-refractivity contribution is -0.0104. The van der Waals surface area contributed by atoms with Crippen molar-refractivity contribution in [3.05, 3.63) is 0 Å². The second kappa shape index (κ2) is 5.13. The van der Waals surface area contributed by atoms with E-state index in [1.807, 2.05) is 0 Å². The molecule has 2 nitrogen and oxygen atoms in total. The summed E-state index contributed by atoms with van der Waals surface area (Å²) in [5, 5.41) is 10.2. The van der Waals surface area contributed by atoms with Crippen LogP contribution in [0.1, 0.15) is 58.8 Å². The highest BCUT2D eigenvalue weighted by molar-refractivity contribution is 4.86. The summed E-state index contributed by atoms with van der Waals surface area (Å²) >= 11 is 0. The average Bonchev–Trinajstić information content (AvgIpc) is 2.10. The third-order valence-electron chi connectivity index (χ3n) is 3.38. The van der Waals surface area contributed by atoms with Gasteiger partial charge in [-0.05, 0) is 38.0 Å². The molecule has 0 amide bonds. The third kappa shape index (κ3) is 3.97. The molecule has 0 heterocycles. The normalized spacial score (nSPS) is 33.6. The van der Waals surface area contributed by atoms with Crippen molar-refractivity contribution in [3.8, 4) is 0 Å². The van der Waals surface area contributed by atoms with Crippen molar-refractivity contribution < 1.29 is 5.11 Å². The number of rotatable bonds is 4. The molecule has 0 aliphatic heterocycles. The van der Waals surface area contributed by atoms with Crippen molar-refractivity contribution in [2.75, 3.05) is 0 Å². The molecule has 1 fully saturated rings. The van der Waals surface area contributed by atoms with Gasteiger partial charge in [0.05, 0.1) is 5.60 Å². The highest BCUT2D eigenvalue weighted by Crippen LogP contribution is 2.32. The third-order valence-corrected chi connectivity index (χ3v) is 3.38. The Kier molecular flexibility index (Phi) is 4.39. The predicted molar refractivity (Wildman–Crippen MR) is 60.1 cm³/mol. The van der Waals surface area contributed by atoms with Gasteiger partial charge in [0, 0.05) is 6.04 Å². The van der Waals surface area contributed by atoms with E-state index < -0.39 is 0 Å². The molecular weight excluding hydrogens is 174 g/mol. The summed E-state index contributed by atoms with van der Waals surface area (Å²) in [6, 6.07) is 0.334. The molecular formula is C12H25NO. The topological polar surface area (TPSA) is 46.2 Å². The maximum Gasteiger partial charge on any atom is 0.0649 e. The first-order valence-electron chi connectivity index (χ1n) is 6.00. The van der Waals surface area contributed by atoms with E-state index in [9.17, 15) is 5.11 Å². The Morgan fingerprint density at radius 1 is 1.36 bits per heavy atom. The first kappa shape index (κ1) is 12.0. The summed E-state index contributed by atoms with van der Waals surface area (Å²) in [5.74, 6) is 0.754. The van der Waals surface area contributed by atoms with Gasteiger partial charge in [-0.3, -0.25) is 0 Å². The van der Waals surface area contributed by atoms with Gasteiger partial charge in [-0.1, -0.05) is 26.7 Å². The standard InChI is InChI=1S/C12H25NO/c1-10(2)4-3-7-12(14)8-5-11(13)6-9-12/h10-11,14H,3-9,13H2,1-2H3. The smallest absolute Gasteiger partial charge is 0.0649 e. The van der Waals surface area contributed by atoms with Crippen molar-refractivity contribution in [2.45, 2.75) is 70.4 Å². The van der Waals surface area contributed by atoms with Gasteiger partial charge in [-0.2, -0.15) is 0 Å². The molecule has 0 spiro atoms. The summed E-state index contributed by atoms with van der Waals surface area (Å²) in [6.45, 7) is 4.47. The predicted octanol–water partition coefficient (Wildman–Crippen LogP) is 2.45. The lowest BCUT2D eigenvalue weighted by Crippen LogP contribution is -2.38. The second-order valence-electron chi connectivity index (χ2n) is 5.35. The highest BCUT2D eigenvalue weighted by atomic mass is 16.3. The monoisotopic (exact) mass is 199 g/mol. The van der Waals surface area contributed by atoms with Crippen LogP contribution in [0.5, 0.6) is 0 Å². The zero-order chi connectivity index (χ0) is 10.6. The van der Waals surface area contributed by atoms with Crippen LogP contribution in [0.3, 0.4) is 0 Å². The van der Waals surface area contributed by atoms with Crippen LogP contribution in [0.25, 0.3) is 0 Å². The number of hydrogen-bond acceptors (Lipinski definition) is 2. The lowest BCUT2D eigenvalue weighted by Gasteiger charge is -2.35. The first-order valence-corrected chi connectivity index (χ1v) is 6.00. The van der Waals surface area contributed by atoms with E-state index in [1.54, 1.807) is 0 Å². The van der Waals surface area contributed by atoms with E-state index in [2.05, 4.69) is 13.8 Å².